The van der Waals surface area contributed by atoms with E-state index in [0.717, 1.165) is 61.4 Å². The number of aryl methyl sites for hydroxylation is 1. The van der Waals surface area contributed by atoms with Gasteiger partial charge in [-0.25, -0.2) is 9.37 Å². The monoisotopic (exact) mass is 492 g/mol. The summed E-state index contributed by atoms with van der Waals surface area (Å²) < 4.78 is 16.6. The van der Waals surface area contributed by atoms with Gasteiger partial charge >= 0.3 is 0 Å². The molecule has 7 rings (SSSR count). The van der Waals surface area contributed by atoms with Crippen LogP contribution in [0.2, 0.25) is 5.02 Å². The molecule has 1 aromatic carbocycles. The lowest BCUT2D eigenvalue weighted by Crippen LogP contribution is -2.62. The zero-order chi connectivity index (χ0) is 23.7. The molecule has 2 aliphatic carbocycles. The van der Waals surface area contributed by atoms with E-state index in [1.54, 1.807) is 6.07 Å². The Hall–Kier alpha value is -2.51. The van der Waals surface area contributed by atoms with Crippen LogP contribution in [-0.4, -0.2) is 43.8 Å². The van der Waals surface area contributed by atoms with Crippen molar-refractivity contribution in [3.8, 4) is 5.69 Å². The zero-order valence-corrected chi connectivity index (χ0v) is 20.8. The summed E-state index contributed by atoms with van der Waals surface area (Å²) in [7, 11) is 0. The molecular weight excluding hydrogens is 463 g/mol. The number of hydrogen-bond donors (Lipinski definition) is 0. The summed E-state index contributed by atoms with van der Waals surface area (Å²) in [5.41, 5.74) is 3.52. The average Bonchev–Trinajstić information content (AvgIpc) is 3.42. The largest absolute Gasteiger partial charge is 0.353 e. The van der Waals surface area contributed by atoms with Crippen molar-refractivity contribution in [3.05, 3.63) is 64.1 Å². The van der Waals surface area contributed by atoms with Gasteiger partial charge in [-0.15, -0.1) is 10.2 Å². The molecule has 2 aromatic heterocycles. The predicted molar refractivity (Wildman–Crippen MR) is 133 cm³/mol. The van der Waals surface area contributed by atoms with Crippen molar-refractivity contribution >= 4 is 17.4 Å². The van der Waals surface area contributed by atoms with Gasteiger partial charge in [0, 0.05) is 47.7 Å². The van der Waals surface area contributed by atoms with Gasteiger partial charge in [0.25, 0.3) is 0 Å². The van der Waals surface area contributed by atoms with E-state index >= 15 is 0 Å². The second-order valence-electron chi connectivity index (χ2n) is 11.1. The van der Waals surface area contributed by atoms with E-state index in [2.05, 4.69) is 31.5 Å². The molecule has 2 saturated carbocycles. The van der Waals surface area contributed by atoms with Crippen molar-refractivity contribution in [2.75, 3.05) is 18.0 Å². The molecular formula is C27H30ClFN6. The van der Waals surface area contributed by atoms with Crippen LogP contribution in [-0.2, 0) is 13.1 Å². The van der Waals surface area contributed by atoms with Crippen molar-refractivity contribution in [1.29, 1.82) is 0 Å². The fraction of sp³-hybridized carbons (Fsp3) is 0.519. The Morgan fingerprint density at radius 3 is 2.63 bits per heavy atom. The molecule has 3 fully saturated rings. The number of pyridine rings is 1. The van der Waals surface area contributed by atoms with Gasteiger partial charge < -0.3 is 4.90 Å². The Balaban J connectivity index is 1.14. The summed E-state index contributed by atoms with van der Waals surface area (Å²) in [5, 5.41) is 10.2. The van der Waals surface area contributed by atoms with Crippen LogP contribution >= 0.6 is 11.6 Å². The number of rotatable bonds is 3. The van der Waals surface area contributed by atoms with E-state index in [9.17, 15) is 4.39 Å². The van der Waals surface area contributed by atoms with Crippen molar-refractivity contribution in [2.45, 2.75) is 70.5 Å². The van der Waals surface area contributed by atoms with E-state index in [1.165, 1.54) is 43.0 Å². The summed E-state index contributed by atoms with van der Waals surface area (Å²) in [4.78, 5) is 9.10. The van der Waals surface area contributed by atoms with E-state index in [4.69, 9.17) is 21.8 Å². The molecule has 0 amide bonds. The average molecular weight is 493 g/mol. The molecule has 0 N–H and O–H groups in total. The first-order valence-electron chi connectivity index (χ1n) is 12.8. The van der Waals surface area contributed by atoms with E-state index in [0.29, 0.717) is 17.8 Å². The molecule has 3 aromatic rings. The molecule has 0 atom stereocenters. The Labute approximate surface area is 210 Å². The highest BCUT2D eigenvalue weighted by molar-refractivity contribution is 6.30. The minimum atomic E-state index is -0.230. The lowest BCUT2D eigenvalue weighted by molar-refractivity contribution is 0.0575. The predicted octanol–water partition coefficient (Wildman–Crippen LogP) is 5.41. The van der Waals surface area contributed by atoms with E-state index in [1.807, 2.05) is 13.0 Å². The molecule has 8 heteroatoms. The SMILES string of the molecule is Cc1ccc(F)c(N2CC3(CC(c4nnc5n4-c4ccc(Cl)cc4CN(C4CCCC4)C5)C3)C2)n1. The third-order valence-corrected chi connectivity index (χ3v) is 8.87. The summed E-state index contributed by atoms with van der Waals surface area (Å²) in [6.07, 6.45) is 7.26. The normalized spacial score (nSPS) is 22.0. The summed E-state index contributed by atoms with van der Waals surface area (Å²) >= 11 is 6.43. The van der Waals surface area contributed by atoms with Gasteiger partial charge in [0.05, 0.1) is 12.2 Å². The van der Waals surface area contributed by atoms with Crippen LogP contribution in [0.4, 0.5) is 10.2 Å². The Morgan fingerprint density at radius 1 is 1.03 bits per heavy atom. The van der Waals surface area contributed by atoms with Crippen LogP contribution in [0.5, 0.6) is 0 Å². The highest BCUT2D eigenvalue weighted by Gasteiger charge is 2.55. The van der Waals surface area contributed by atoms with Gasteiger partial charge in [0.15, 0.2) is 17.5 Å². The first-order chi connectivity index (χ1) is 17.0. The first kappa shape index (κ1) is 21.7. The smallest absolute Gasteiger partial charge is 0.165 e. The molecule has 4 heterocycles. The topological polar surface area (TPSA) is 50.1 Å². The summed E-state index contributed by atoms with van der Waals surface area (Å²) in [6, 6.07) is 10.1. The highest BCUT2D eigenvalue weighted by Crippen LogP contribution is 2.57. The van der Waals surface area contributed by atoms with Crippen LogP contribution in [0.25, 0.3) is 5.69 Å². The van der Waals surface area contributed by atoms with Gasteiger partial charge in [0.1, 0.15) is 5.82 Å². The molecule has 182 valence electrons. The minimum absolute atomic E-state index is 0.230. The molecule has 1 spiro atoms. The van der Waals surface area contributed by atoms with Crippen LogP contribution in [0.15, 0.2) is 30.3 Å². The van der Waals surface area contributed by atoms with Crippen molar-refractivity contribution in [1.82, 2.24) is 24.6 Å². The second kappa shape index (κ2) is 8.00. The zero-order valence-electron chi connectivity index (χ0n) is 20.1. The number of halogens is 2. The number of anilines is 1. The Kier molecular flexibility index (Phi) is 4.97. The standard InChI is InChI=1S/C27H30ClFN6/c1-17-6-8-22(29)26(30-17)34-15-27(16-34)11-19(12-27)25-32-31-24-14-33(21-4-2-3-5-21)13-18-10-20(28)7-9-23(18)35(24)25/h6-10,19,21H,2-5,11-16H2,1H3. The quantitative estimate of drug-likeness (QED) is 0.489. The first-order valence-corrected chi connectivity index (χ1v) is 13.2. The number of hydrogen-bond acceptors (Lipinski definition) is 5. The van der Waals surface area contributed by atoms with Gasteiger partial charge in [-0.3, -0.25) is 9.47 Å². The van der Waals surface area contributed by atoms with Crippen molar-refractivity contribution in [3.63, 3.8) is 0 Å². The molecule has 35 heavy (non-hydrogen) atoms. The van der Waals surface area contributed by atoms with Crippen LogP contribution in [0.1, 0.15) is 67.3 Å². The fourth-order valence-corrected chi connectivity index (χ4v) is 7.12. The fourth-order valence-electron chi connectivity index (χ4n) is 6.93. The Morgan fingerprint density at radius 2 is 1.83 bits per heavy atom. The minimum Gasteiger partial charge on any atom is -0.353 e. The maximum Gasteiger partial charge on any atom is 0.165 e. The molecule has 6 nitrogen and oxygen atoms in total. The third kappa shape index (κ3) is 3.58. The van der Waals surface area contributed by atoms with Gasteiger partial charge in [-0.1, -0.05) is 24.4 Å². The van der Waals surface area contributed by atoms with Crippen LogP contribution in [0.3, 0.4) is 0 Å². The number of aromatic nitrogens is 4. The highest BCUT2D eigenvalue weighted by atomic mass is 35.5. The maximum absolute atomic E-state index is 14.3. The molecule has 0 bridgehead atoms. The van der Waals surface area contributed by atoms with Gasteiger partial charge in [0.2, 0.25) is 0 Å². The Bertz CT molecular complexity index is 1280. The second-order valence-corrected chi connectivity index (χ2v) is 11.6. The summed E-state index contributed by atoms with van der Waals surface area (Å²) in [6.45, 7) is 5.36. The molecule has 4 aliphatic rings. The lowest BCUT2D eigenvalue weighted by atomic mass is 9.57. The van der Waals surface area contributed by atoms with Crippen molar-refractivity contribution in [2.24, 2.45) is 5.41 Å². The van der Waals surface area contributed by atoms with Crippen molar-refractivity contribution < 1.29 is 4.39 Å². The third-order valence-electron chi connectivity index (χ3n) is 8.64. The number of nitrogens with zero attached hydrogens (tertiary/aromatic N) is 6. The number of benzene rings is 1. The van der Waals surface area contributed by atoms with E-state index < -0.39 is 0 Å². The summed E-state index contributed by atoms with van der Waals surface area (Å²) in [5.74, 6) is 2.74. The lowest BCUT2D eigenvalue weighted by Gasteiger charge is -2.59. The van der Waals surface area contributed by atoms with Crippen LogP contribution in [0, 0.1) is 18.2 Å². The molecule has 1 saturated heterocycles. The van der Waals surface area contributed by atoms with Crippen LogP contribution < -0.4 is 4.90 Å². The molecule has 0 radical (unpaired) electrons. The van der Waals surface area contributed by atoms with Gasteiger partial charge in [-0.2, -0.15) is 0 Å². The van der Waals surface area contributed by atoms with E-state index in [-0.39, 0.29) is 11.2 Å². The molecule has 0 unspecified atom stereocenters. The maximum atomic E-state index is 14.3. The molecule has 2 aliphatic heterocycles. The number of fused-ring (bicyclic) bond motifs is 3. The van der Waals surface area contributed by atoms with Gasteiger partial charge in [-0.05, 0) is 68.5 Å².